The summed E-state index contributed by atoms with van der Waals surface area (Å²) in [6.45, 7) is -0.961. The van der Waals surface area contributed by atoms with Crippen LogP contribution in [0.15, 0.2) is 70.6 Å². The maximum atomic E-state index is 13.8. The number of nitrogens with one attached hydrogen (secondary N) is 8. The molecule has 0 heterocycles. The molecular formula is C48H73N17O13. The number of aliphatic imine (C=N–C) groups is 2. The molecule has 0 bridgehead atoms. The van der Waals surface area contributed by atoms with Crippen LogP contribution in [0.1, 0.15) is 68.9 Å². The lowest BCUT2D eigenvalue weighted by Gasteiger charge is -2.25. The van der Waals surface area contributed by atoms with Crippen molar-refractivity contribution in [3.8, 4) is 0 Å². The quantitative estimate of drug-likeness (QED) is 0.0170. The zero-order valence-corrected chi connectivity index (χ0v) is 42.9. The fraction of sp³-hybridized carbons (Fsp3) is 0.479. The first-order valence-electron chi connectivity index (χ1n) is 24.7. The van der Waals surface area contributed by atoms with Gasteiger partial charge in [0.1, 0.15) is 30.2 Å². The molecule has 0 radical (unpaired) electrons. The van der Waals surface area contributed by atoms with Crippen LogP contribution in [0.2, 0.25) is 0 Å². The van der Waals surface area contributed by atoms with E-state index in [1.54, 1.807) is 60.7 Å². The van der Waals surface area contributed by atoms with Gasteiger partial charge in [-0.05, 0) is 56.1 Å². The third-order valence-electron chi connectivity index (χ3n) is 11.2. The third kappa shape index (κ3) is 27.6. The van der Waals surface area contributed by atoms with Crippen molar-refractivity contribution in [2.45, 2.75) is 113 Å². The summed E-state index contributed by atoms with van der Waals surface area (Å²) < 4.78 is 0. The van der Waals surface area contributed by atoms with E-state index in [-0.39, 0.29) is 76.5 Å². The number of carbonyl (C=O) groups is 11. The summed E-state index contributed by atoms with van der Waals surface area (Å²) in [6, 6.07) is 7.22. The van der Waals surface area contributed by atoms with Crippen LogP contribution in [-0.4, -0.2) is 162 Å². The summed E-state index contributed by atoms with van der Waals surface area (Å²) >= 11 is 0. The molecule has 2 rings (SSSR count). The highest BCUT2D eigenvalue weighted by Crippen LogP contribution is 2.09. The number of rotatable bonds is 37. The van der Waals surface area contributed by atoms with Gasteiger partial charge in [-0.15, -0.1) is 0 Å². The first-order valence-corrected chi connectivity index (χ1v) is 24.7. The van der Waals surface area contributed by atoms with E-state index in [0.29, 0.717) is 24.0 Å². The summed E-state index contributed by atoms with van der Waals surface area (Å²) in [5.41, 5.74) is 39.7. The van der Waals surface area contributed by atoms with Crippen LogP contribution in [-0.2, 0) is 65.6 Å². The van der Waals surface area contributed by atoms with Gasteiger partial charge in [0.2, 0.25) is 53.2 Å². The number of hydrogen-bond acceptors (Lipinski definition) is 15. The van der Waals surface area contributed by atoms with E-state index in [1.165, 1.54) is 0 Å². The highest BCUT2D eigenvalue weighted by atomic mass is 16.4. The number of nitrogens with zero attached hydrogens (tertiary/aromatic N) is 2. The Balaban J connectivity index is 2.11. The van der Waals surface area contributed by atoms with Crippen molar-refractivity contribution in [2.75, 3.05) is 32.7 Å². The molecule has 0 spiro atoms. The van der Waals surface area contributed by atoms with E-state index < -0.39 is 133 Å². The molecule has 24 N–H and O–H groups in total. The summed E-state index contributed by atoms with van der Waals surface area (Å²) in [4.78, 5) is 149. The molecule has 0 saturated carbocycles. The monoisotopic (exact) mass is 1100 g/mol. The van der Waals surface area contributed by atoms with Crippen molar-refractivity contribution >= 4 is 77.0 Å². The van der Waals surface area contributed by atoms with Crippen LogP contribution in [0.4, 0.5) is 0 Å². The summed E-state index contributed by atoms with van der Waals surface area (Å²) in [5, 5.41) is 38.4. The van der Waals surface area contributed by atoms with Gasteiger partial charge in [0.05, 0.1) is 38.0 Å². The Morgan fingerprint density at radius 3 is 1.21 bits per heavy atom. The van der Waals surface area contributed by atoms with Crippen LogP contribution < -0.4 is 82.7 Å². The first-order chi connectivity index (χ1) is 36.9. The van der Waals surface area contributed by atoms with Crippen LogP contribution in [0.5, 0.6) is 0 Å². The van der Waals surface area contributed by atoms with Gasteiger partial charge >= 0.3 is 11.9 Å². The Morgan fingerprint density at radius 1 is 0.436 bits per heavy atom. The van der Waals surface area contributed by atoms with E-state index in [1.807, 2.05) is 0 Å². The number of guanidine groups is 2. The molecule has 0 aromatic heterocycles. The number of amides is 9. The molecule has 0 aliphatic carbocycles. The zero-order chi connectivity index (χ0) is 58.2. The lowest BCUT2D eigenvalue weighted by molar-refractivity contribution is -0.141. The molecule has 2 aromatic carbocycles. The summed E-state index contributed by atoms with van der Waals surface area (Å²) in [7, 11) is 0. The van der Waals surface area contributed by atoms with Gasteiger partial charge in [0.15, 0.2) is 11.9 Å². The van der Waals surface area contributed by atoms with Gasteiger partial charge < -0.3 is 92.9 Å². The molecule has 0 aliphatic heterocycles. The van der Waals surface area contributed by atoms with Crippen molar-refractivity contribution in [2.24, 2.45) is 50.1 Å². The van der Waals surface area contributed by atoms with E-state index in [0.717, 1.165) is 0 Å². The van der Waals surface area contributed by atoms with Gasteiger partial charge in [0.25, 0.3) is 0 Å². The second-order valence-electron chi connectivity index (χ2n) is 17.7. The van der Waals surface area contributed by atoms with Gasteiger partial charge in [-0.3, -0.25) is 62.7 Å². The minimum atomic E-state index is -1.74. The van der Waals surface area contributed by atoms with Gasteiger partial charge in [-0.25, -0.2) is 0 Å². The lowest BCUT2D eigenvalue weighted by atomic mass is 10.0. The molecule has 9 amide bonds. The minimum Gasteiger partial charge on any atom is -0.481 e. The van der Waals surface area contributed by atoms with Crippen molar-refractivity contribution in [1.29, 1.82) is 0 Å². The van der Waals surface area contributed by atoms with Crippen LogP contribution in [0.25, 0.3) is 0 Å². The molecule has 2 aromatic rings. The topological polar surface area (TPSA) is 531 Å². The Morgan fingerprint density at radius 2 is 0.821 bits per heavy atom. The van der Waals surface area contributed by atoms with E-state index >= 15 is 0 Å². The van der Waals surface area contributed by atoms with Crippen molar-refractivity contribution < 1.29 is 63.0 Å². The Hall–Kier alpha value is -8.93. The third-order valence-corrected chi connectivity index (χ3v) is 11.2. The van der Waals surface area contributed by atoms with E-state index in [2.05, 4.69) is 52.5 Å². The molecule has 0 saturated heterocycles. The number of nitrogens with two attached hydrogens (primary N) is 7. The number of carboxylic acids is 2. The Kier molecular flexibility index (Phi) is 29.5. The largest absolute Gasteiger partial charge is 0.481 e. The molecule has 7 atom stereocenters. The van der Waals surface area contributed by atoms with E-state index in [4.69, 9.17) is 40.1 Å². The maximum absolute atomic E-state index is 13.8. The fourth-order valence-corrected chi connectivity index (χ4v) is 7.19. The Bertz CT molecular complexity index is 2410. The smallest absolute Gasteiger partial charge is 0.305 e. The Labute approximate surface area is 449 Å². The number of hydrogen-bond donors (Lipinski definition) is 17. The summed E-state index contributed by atoms with van der Waals surface area (Å²) in [6.07, 6.45) is -0.723. The predicted octanol–water partition coefficient (Wildman–Crippen LogP) is -6.39. The average Bonchev–Trinajstić information content (AvgIpc) is 3.38. The fourth-order valence-electron chi connectivity index (χ4n) is 7.19. The number of carboxylic acid groups (broad SMARTS) is 2. The molecule has 0 unspecified atom stereocenters. The average molecular weight is 1100 g/mol. The second-order valence-corrected chi connectivity index (χ2v) is 17.7. The van der Waals surface area contributed by atoms with Gasteiger partial charge in [-0.2, -0.15) is 0 Å². The van der Waals surface area contributed by atoms with Crippen molar-refractivity contribution in [3.05, 3.63) is 71.8 Å². The van der Waals surface area contributed by atoms with Crippen LogP contribution in [0.3, 0.4) is 0 Å². The van der Waals surface area contributed by atoms with Crippen LogP contribution >= 0.6 is 0 Å². The van der Waals surface area contributed by atoms with Crippen molar-refractivity contribution in [1.82, 2.24) is 42.5 Å². The standard InChI is InChI=1S/C48H73N17O13/c49-29(15-9-19-57-47(52)53)41(73)59-25-36(66)61-34(23-38(68)69)45(77)64-32(21-27-11-3-1-4-12-27)43(75)56-18-8-7-17-31(40(51)72)63-44(76)33(22-28-13-5-2-6-14-28)65-46(78)35(24-39(70)71)62-37(67)26-60-42(74)30(50)16-10-20-58-48(54)55/h1-6,11-14,29-35H,7-10,15-26,49-50H2,(H2,51,72)(H,56,75)(H,59,73)(H,60,74)(H,61,66)(H,62,67)(H,63,76)(H,64,77)(H,65,78)(H,68,69)(H,70,71)(H4,52,53,57)(H4,54,55,58)/t29-,30-,31-,32-,33-,34-,35-/m0/s1. The number of unbranched alkanes of at least 4 members (excludes halogenated alkanes) is 1. The second kappa shape index (κ2) is 35.4. The molecule has 78 heavy (non-hydrogen) atoms. The predicted molar refractivity (Wildman–Crippen MR) is 282 cm³/mol. The number of primary amides is 1. The number of benzene rings is 2. The number of carbonyl (C=O) groups excluding carboxylic acids is 9. The molecule has 30 nitrogen and oxygen atoms in total. The molecular weight excluding hydrogens is 1020 g/mol. The highest BCUT2D eigenvalue weighted by molar-refractivity contribution is 5.97. The molecule has 0 fully saturated rings. The van der Waals surface area contributed by atoms with Crippen molar-refractivity contribution in [3.63, 3.8) is 0 Å². The van der Waals surface area contributed by atoms with Gasteiger partial charge in [-0.1, -0.05) is 60.7 Å². The lowest BCUT2D eigenvalue weighted by Crippen LogP contribution is -2.58. The van der Waals surface area contributed by atoms with Crippen LogP contribution in [0, 0.1) is 0 Å². The SMILES string of the molecule is NC(=O)[C@H](CCCCNC(=O)[C@H](Cc1ccccc1)NC(=O)[C@H](CC(=O)O)NC(=O)CNC(=O)[C@@H](N)CCCN=C(N)N)NC(=O)[C@H](Cc1ccccc1)NC(=O)[C@H](CC(=O)O)NC(=O)CNC(=O)[C@@H](N)CCCN=C(N)N. The molecule has 0 aliphatic rings. The normalized spacial score (nSPS) is 13.4. The van der Waals surface area contributed by atoms with E-state index in [9.17, 15) is 63.0 Å². The molecule has 428 valence electrons. The zero-order valence-electron chi connectivity index (χ0n) is 42.9. The summed E-state index contributed by atoms with van der Waals surface area (Å²) in [5.74, 6) is -11.2. The maximum Gasteiger partial charge on any atom is 0.305 e. The first kappa shape index (κ1) is 65.2. The van der Waals surface area contributed by atoms with Gasteiger partial charge in [0, 0.05) is 32.5 Å². The molecule has 30 heteroatoms. The number of aliphatic carboxylic acids is 2. The minimum absolute atomic E-state index is 0.0363. The highest BCUT2D eigenvalue weighted by Gasteiger charge is 2.32.